The number of aryl methyl sites for hydroxylation is 1. The van der Waals surface area contributed by atoms with Crippen molar-refractivity contribution in [1.82, 2.24) is 10.4 Å². The zero-order chi connectivity index (χ0) is 17.1. The van der Waals surface area contributed by atoms with E-state index in [1.54, 1.807) is 18.2 Å². The number of halogens is 2. The summed E-state index contributed by atoms with van der Waals surface area (Å²) in [6.07, 6.45) is 5.02. The summed E-state index contributed by atoms with van der Waals surface area (Å²) in [5.74, 6) is -0.536. The molecule has 2 aromatic rings. The predicted molar refractivity (Wildman–Crippen MR) is 91.1 cm³/mol. The molecule has 1 aliphatic rings. The lowest BCUT2D eigenvalue weighted by molar-refractivity contribution is 0.422. The summed E-state index contributed by atoms with van der Waals surface area (Å²) < 4.78 is 26.1. The molecule has 0 saturated heterocycles. The first kappa shape index (κ1) is 16.1. The molecule has 0 spiro atoms. The van der Waals surface area contributed by atoms with E-state index in [1.807, 2.05) is 24.2 Å². The monoisotopic (exact) mass is 325 g/mol. The van der Waals surface area contributed by atoms with Crippen molar-refractivity contribution in [3.63, 3.8) is 0 Å². The Bertz CT molecular complexity index is 823. The summed E-state index contributed by atoms with van der Waals surface area (Å²) in [4.78, 5) is 0. The minimum absolute atomic E-state index is 0.252. The highest BCUT2D eigenvalue weighted by Gasteiger charge is 2.19. The van der Waals surface area contributed by atoms with Gasteiger partial charge in [-0.3, -0.25) is 5.01 Å². The van der Waals surface area contributed by atoms with Crippen LogP contribution in [0.15, 0.2) is 60.4 Å². The third-order valence-corrected chi connectivity index (χ3v) is 3.80. The van der Waals surface area contributed by atoms with Gasteiger partial charge in [0.2, 0.25) is 0 Å². The molecule has 24 heavy (non-hydrogen) atoms. The normalized spacial score (nSPS) is 13.7. The van der Waals surface area contributed by atoms with Crippen LogP contribution in [0.4, 0.5) is 8.78 Å². The quantitative estimate of drug-likeness (QED) is 0.783. The Morgan fingerprint density at radius 2 is 1.83 bits per heavy atom. The van der Waals surface area contributed by atoms with E-state index in [4.69, 9.17) is 5.41 Å². The fourth-order valence-electron chi connectivity index (χ4n) is 2.43. The van der Waals surface area contributed by atoms with Gasteiger partial charge in [-0.05, 0) is 54.0 Å². The largest absolute Gasteiger partial charge is 0.308 e. The maximum absolute atomic E-state index is 13.2. The highest BCUT2D eigenvalue weighted by molar-refractivity contribution is 6.09. The van der Waals surface area contributed by atoms with E-state index in [0.717, 1.165) is 22.4 Å². The Morgan fingerprint density at radius 3 is 2.50 bits per heavy atom. The topological polar surface area (TPSA) is 38.9 Å². The molecule has 0 amide bonds. The van der Waals surface area contributed by atoms with Gasteiger partial charge in [0, 0.05) is 24.5 Å². The molecule has 1 heterocycles. The smallest absolute Gasteiger partial charge is 0.123 e. The molecule has 3 rings (SSSR count). The van der Waals surface area contributed by atoms with Gasteiger partial charge in [0.05, 0.1) is 5.70 Å². The maximum Gasteiger partial charge on any atom is 0.123 e. The van der Waals surface area contributed by atoms with Gasteiger partial charge in [-0.25, -0.2) is 14.2 Å². The maximum atomic E-state index is 13.2. The number of benzene rings is 2. The molecule has 3 nitrogen and oxygen atoms in total. The lowest BCUT2D eigenvalue weighted by Crippen LogP contribution is -2.21. The first-order chi connectivity index (χ1) is 11.6. The van der Waals surface area contributed by atoms with Gasteiger partial charge in [0.1, 0.15) is 11.6 Å². The summed E-state index contributed by atoms with van der Waals surface area (Å²) in [6, 6.07) is 10.8. The minimum Gasteiger partial charge on any atom is -0.308 e. The number of hydrazine groups is 1. The van der Waals surface area contributed by atoms with E-state index in [2.05, 4.69) is 5.43 Å². The number of allylic oxidation sites excluding steroid dienone is 2. The van der Waals surface area contributed by atoms with E-state index < -0.39 is 0 Å². The van der Waals surface area contributed by atoms with Crippen LogP contribution in [-0.4, -0.2) is 11.2 Å². The Labute approximate surface area is 139 Å². The van der Waals surface area contributed by atoms with E-state index in [9.17, 15) is 8.78 Å². The fraction of sp³-hybridized carbons (Fsp3) is 0.105. The molecular formula is C19H17F2N3. The van der Waals surface area contributed by atoms with Gasteiger partial charge in [-0.15, -0.1) is 0 Å². The average molecular weight is 325 g/mol. The molecule has 0 aromatic heterocycles. The average Bonchev–Trinajstić information content (AvgIpc) is 3.31. The molecule has 0 bridgehead atoms. The molecule has 0 fully saturated rings. The Balaban J connectivity index is 1.63. The number of nitrogens with one attached hydrogen (secondary N) is 2. The molecule has 2 aromatic carbocycles. The van der Waals surface area contributed by atoms with Crippen LogP contribution in [0.25, 0.3) is 5.57 Å². The number of hydrogen-bond donors (Lipinski definition) is 2. The van der Waals surface area contributed by atoms with Crippen LogP contribution < -0.4 is 5.43 Å². The third-order valence-electron chi connectivity index (χ3n) is 3.80. The molecule has 0 atom stereocenters. The first-order valence-electron chi connectivity index (χ1n) is 7.54. The summed E-state index contributed by atoms with van der Waals surface area (Å²) in [5, 5.41) is 9.44. The van der Waals surface area contributed by atoms with Crippen molar-refractivity contribution in [3.8, 4) is 0 Å². The predicted octanol–water partition coefficient (Wildman–Crippen LogP) is 4.17. The zero-order valence-electron chi connectivity index (χ0n) is 13.2. The van der Waals surface area contributed by atoms with Crippen LogP contribution in [0.1, 0.15) is 16.7 Å². The van der Waals surface area contributed by atoms with E-state index in [-0.39, 0.29) is 11.6 Å². The molecule has 122 valence electrons. The van der Waals surface area contributed by atoms with Crippen LogP contribution in [0.5, 0.6) is 0 Å². The van der Waals surface area contributed by atoms with Gasteiger partial charge in [0.25, 0.3) is 0 Å². The first-order valence-corrected chi connectivity index (χ1v) is 7.54. The van der Waals surface area contributed by atoms with Crippen molar-refractivity contribution in [2.45, 2.75) is 13.5 Å². The number of rotatable bonds is 6. The molecule has 0 radical (unpaired) electrons. The number of nitrogens with zero attached hydrogens (tertiary/aromatic N) is 1. The van der Waals surface area contributed by atoms with E-state index in [0.29, 0.717) is 12.1 Å². The van der Waals surface area contributed by atoms with Crippen molar-refractivity contribution in [1.29, 1.82) is 5.41 Å². The minimum atomic E-state index is -0.284. The molecule has 5 heteroatoms. The molecular weight excluding hydrogens is 308 g/mol. The van der Waals surface area contributed by atoms with Crippen molar-refractivity contribution >= 4 is 11.8 Å². The Morgan fingerprint density at radius 1 is 1.12 bits per heavy atom. The van der Waals surface area contributed by atoms with Gasteiger partial charge < -0.3 is 5.41 Å². The van der Waals surface area contributed by atoms with Crippen LogP contribution in [0.2, 0.25) is 0 Å². The molecule has 0 saturated carbocycles. The Hall–Kier alpha value is -2.79. The lowest BCUT2D eigenvalue weighted by Gasteiger charge is -2.09. The highest BCUT2D eigenvalue weighted by Crippen LogP contribution is 2.26. The SMILES string of the molecule is Cc1cc(F)ccc1/C(C=N)=C/C1=CN1NCc1ccc(F)cc1. The van der Waals surface area contributed by atoms with Crippen LogP contribution in [0.3, 0.4) is 0 Å². The zero-order valence-corrected chi connectivity index (χ0v) is 13.2. The summed E-state index contributed by atoms with van der Waals surface area (Å²) >= 11 is 0. The van der Waals surface area contributed by atoms with Crippen molar-refractivity contribution in [2.24, 2.45) is 0 Å². The van der Waals surface area contributed by atoms with Gasteiger partial charge in [-0.2, -0.15) is 0 Å². The molecule has 0 aliphatic carbocycles. The Kier molecular flexibility index (Phi) is 4.53. The highest BCUT2D eigenvalue weighted by atomic mass is 19.1. The second-order valence-corrected chi connectivity index (χ2v) is 5.59. The van der Waals surface area contributed by atoms with Crippen molar-refractivity contribution in [3.05, 3.63) is 88.8 Å². The molecule has 0 unspecified atom stereocenters. The van der Waals surface area contributed by atoms with Crippen molar-refractivity contribution in [2.75, 3.05) is 0 Å². The van der Waals surface area contributed by atoms with Gasteiger partial charge in [0.15, 0.2) is 0 Å². The van der Waals surface area contributed by atoms with Crippen molar-refractivity contribution < 1.29 is 8.78 Å². The summed E-state index contributed by atoms with van der Waals surface area (Å²) in [5.41, 5.74) is 7.42. The fourth-order valence-corrected chi connectivity index (χ4v) is 2.43. The second kappa shape index (κ2) is 6.76. The summed E-state index contributed by atoms with van der Waals surface area (Å²) in [7, 11) is 0. The lowest BCUT2D eigenvalue weighted by atomic mass is 10.0. The van der Waals surface area contributed by atoms with E-state index in [1.165, 1.54) is 30.5 Å². The second-order valence-electron chi connectivity index (χ2n) is 5.59. The van der Waals surface area contributed by atoms with Crippen LogP contribution in [-0.2, 0) is 6.54 Å². The molecule has 2 N–H and O–H groups in total. The summed E-state index contributed by atoms with van der Waals surface area (Å²) in [6.45, 7) is 2.39. The standard InChI is InChI=1S/C19H17F2N3/c1-13-8-17(21)6-7-19(13)15(10-22)9-18-12-24(18)23-11-14-2-4-16(20)5-3-14/h2-10,12,22-23H,11H2,1H3/b15-9+,22-10?. The third kappa shape index (κ3) is 3.75. The van der Waals surface area contributed by atoms with Crippen LogP contribution >= 0.6 is 0 Å². The molecule has 1 aliphatic heterocycles. The van der Waals surface area contributed by atoms with E-state index >= 15 is 0 Å². The van der Waals surface area contributed by atoms with Crippen LogP contribution in [0, 0.1) is 24.0 Å². The van der Waals surface area contributed by atoms with Gasteiger partial charge in [-0.1, -0.05) is 18.2 Å². The van der Waals surface area contributed by atoms with Gasteiger partial charge >= 0.3 is 0 Å². The number of hydrogen-bond acceptors (Lipinski definition) is 3.